The van der Waals surface area contributed by atoms with E-state index in [1.807, 2.05) is 6.07 Å². The van der Waals surface area contributed by atoms with Crippen LogP contribution in [0, 0.1) is 11.3 Å². The summed E-state index contributed by atoms with van der Waals surface area (Å²) in [4.78, 5) is 0.194. The van der Waals surface area contributed by atoms with Gasteiger partial charge in [-0.05, 0) is 29.8 Å². The number of hydrogen-bond acceptors (Lipinski definition) is 4. The molecule has 1 unspecified atom stereocenters. The molecule has 0 saturated heterocycles. The van der Waals surface area contributed by atoms with Crippen molar-refractivity contribution < 1.29 is 13.2 Å². The Bertz CT molecular complexity index is 731. The van der Waals surface area contributed by atoms with Gasteiger partial charge < -0.3 is 4.74 Å². The zero-order chi connectivity index (χ0) is 15.3. The molecule has 21 heavy (non-hydrogen) atoms. The van der Waals surface area contributed by atoms with Gasteiger partial charge in [-0.3, -0.25) is 0 Å². The highest BCUT2D eigenvalue weighted by Gasteiger charge is 2.22. The average Bonchev–Trinajstić information content (AvgIpc) is 2.53. The van der Waals surface area contributed by atoms with E-state index in [9.17, 15) is 13.7 Å². The van der Waals surface area contributed by atoms with E-state index >= 15 is 0 Å². The van der Waals surface area contributed by atoms with Crippen LogP contribution in [0.15, 0.2) is 59.5 Å². The molecule has 2 aromatic rings. The molecule has 108 valence electrons. The minimum Gasteiger partial charge on any atom is -0.497 e. The maximum absolute atomic E-state index is 12.4. The SMILES string of the molecule is COc1ccc(S(=O)(=O)CC(C#N)c2ccccc2)cc1. The number of methoxy groups -OCH3 is 1. The molecule has 0 aliphatic heterocycles. The number of ether oxygens (including phenoxy) is 1. The lowest BCUT2D eigenvalue weighted by Gasteiger charge is -2.10. The summed E-state index contributed by atoms with van der Waals surface area (Å²) in [6.45, 7) is 0. The predicted octanol–water partition coefficient (Wildman–Crippen LogP) is 2.78. The van der Waals surface area contributed by atoms with Crippen molar-refractivity contribution in [2.75, 3.05) is 12.9 Å². The van der Waals surface area contributed by atoms with Gasteiger partial charge in [-0.1, -0.05) is 30.3 Å². The van der Waals surface area contributed by atoms with Crippen molar-refractivity contribution in [1.29, 1.82) is 5.26 Å². The van der Waals surface area contributed by atoms with E-state index in [1.165, 1.54) is 19.2 Å². The van der Waals surface area contributed by atoms with Crippen molar-refractivity contribution >= 4 is 9.84 Å². The molecule has 0 aliphatic rings. The fourth-order valence-electron chi connectivity index (χ4n) is 1.99. The summed E-state index contributed by atoms with van der Waals surface area (Å²) in [5, 5.41) is 9.24. The van der Waals surface area contributed by atoms with E-state index in [0.717, 1.165) is 0 Å². The quantitative estimate of drug-likeness (QED) is 0.851. The second kappa shape index (κ2) is 6.42. The molecule has 2 rings (SSSR count). The molecular formula is C16H15NO3S. The Labute approximate surface area is 124 Å². The maximum Gasteiger partial charge on any atom is 0.180 e. The first-order valence-electron chi connectivity index (χ1n) is 6.38. The largest absolute Gasteiger partial charge is 0.497 e. The number of nitrogens with zero attached hydrogens (tertiary/aromatic N) is 1. The Balaban J connectivity index is 2.25. The summed E-state index contributed by atoms with van der Waals surface area (Å²) in [7, 11) is -2.00. The fourth-order valence-corrected chi connectivity index (χ4v) is 3.44. The van der Waals surface area contributed by atoms with Crippen LogP contribution in [-0.4, -0.2) is 21.3 Å². The minimum absolute atomic E-state index is 0.194. The van der Waals surface area contributed by atoms with Gasteiger partial charge in [0.15, 0.2) is 9.84 Å². The smallest absolute Gasteiger partial charge is 0.180 e. The number of hydrogen-bond donors (Lipinski definition) is 0. The molecule has 5 heteroatoms. The lowest BCUT2D eigenvalue weighted by Crippen LogP contribution is -2.14. The zero-order valence-electron chi connectivity index (χ0n) is 11.6. The van der Waals surface area contributed by atoms with Crippen molar-refractivity contribution in [3.8, 4) is 11.8 Å². The minimum atomic E-state index is -3.52. The van der Waals surface area contributed by atoms with Crippen molar-refractivity contribution in [2.45, 2.75) is 10.8 Å². The summed E-state index contributed by atoms with van der Waals surface area (Å²) in [5.41, 5.74) is 0.706. The lowest BCUT2D eigenvalue weighted by atomic mass is 10.0. The van der Waals surface area contributed by atoms with Crippen LogP contribution >= 0.6 is 0 Å². The molecule has 0 amide bonds. The van der Waals surface area contributed by atoms with E-state index in [0.29, 0.717) is 11.3 Å². The molecule has 0 saturated carbocycles. The Kier molecular flexibility index (Phi) is 4.61. The van der Waals surface area contributed by atoms with Gasteiger partial charge in [0.05, 0.1) is 29.7 Å². The third kappa shape index (κ3) is 3.61. The highest BCUT2D eigenvalue weighted by Crippen LogP contribution is 2.23. The Morgan fingerprint density at radius 2 is 1.71 bits per heavy atom. The van der Waals surface area contributed by atoms with Crippen molar-refractivity contribution in [1.82, 2.24) is 0 Å². The van der Waals surface area contributed by atoms with Crippen LogP contribution in [0.1, 0.15) is 11.5 Å². The van der Waals surface area contributed by atoms with Gasteiger partial charge in [-0.25, -0.2) is 8.42 Å². The first-order chi connectivity index (χ1) is 10.1. The highest BCUT2D eigenvalue weighted by molar-refractivity contribution is 7.91. The van der Waals surface area contributed by atoms with Crippen LogP contribution in [-0.2, 0) is 9.84 Å². The standard InChI is InChI=1S/C16H15NO3S/c1-20-15-7-9-16(10-8-15)21(18,19)12-14(11-17)13-5-3-2-4-6-13/h2-10,14H,12H2,1H3. The Morgan fingerprint density at radius 1 is 1.10 bits per heavy atom. The molecule has 0 radical (unpaired) electrons. The van der Waals surface area contributed by atoms with Crippen LogP contribution in [0.5, 0.6) is 5.75 Å². The van der Waals surface area contributed by atoms with Crippen LogP contribution in [0.25, 0.3) is 0 Å². The first-order valence-corrected chi connectivity index (χ1v) is 8.03. The lowest BCUT2D eigenvalue weighted by molar-refractivity contribution is 0.414. The third-order valence-electron chi connectivity index (χ3n) is 3.16. The molecule has 0 fully saturated rings. The van der Waals surface area contributed by atoms with E-state index < -0.39 is 15.8 Å². The molecular weight excluding hydrogens is 286 g/mol. The maximum atomic E-state index is 12.4. The second-order valence-corrected chi connectivity index (χ2v) is 6.58. The summed E-state index contributed by atoms with van der Waals surface area (Å²) in [5.74, 6) is -0.327. The molecule has 0 aliphatic carbocycles. The second-order valence-electron chi connectivity index (χ2n) is 4.55. The van der Waals surface area contributed by atoms with Gasteiger partial charge in [0.2, 0.25) is 0 Å². The van der Waals surface area contributed by atoms with Crippen molar-refractivity contribution in [3.63, 3.8) is 0 Å². The van der Waals surface area contributed by atoms with Crippen LogP contribution in [0.2, 0.25) is 0 Å². The zero-order valence-corrected chi connectivity index (χ0v) is 12.4. The summed E-state index contributed by atoms with van der Waals surface area (Å²) < 4.78 is 29.8. The van der Waals surface area contributed by atoms with E-state index in [4.69, 9.17) is 4.74 Å². The fraction of sp³-hybridized carbons (Fsp3) is 0.188. The first kappa shape index (κ1) is 15.1. The van der Waals surface area contributed by atoms with Crippen LogP contribution < -0.4 is 4.74 Å². The molecule has 0 aromatic heterocycles. The summed E-state index contributed by atoms with van der Waals surface area (Å²) >= 11 is 0. The Hall–Kier alpha value is -2.32. The third-order valence-corrected chi connectivity index (χ3v) is 4.92. The van der Waals surface area contributed by atoms with E-state index in [-0.39, 0.29) is 10.6 Å². The number of rotatable bonds is 5. The number of benzene rings is 2. The molecule has 4 nitrogen and oxygen atoms in total. The molecule has 1 atom stereocenters. The number of nitriles is 1. The van der Waals surface area contributed by atoms with Crippen LogP contribution in [0.4, 0.5) is 0 Å². The normalized spacial score (nSPS) is 12.4. The van der Waals surface area contributed by atoms with Gasteiger partial charge in [-0.15, -0.1) is 0 Å². The van der Waals surface area contributed by atoms with Crippen LogP contribution in [0.3, 0.4) is 0 Å². The van der Waals surface area contributed by atoms with Gasteiger partial charge in [0.1, 0.15) is 5.75 Å². The van der Waals surface area contributed by atoms with Crippen molar-refractivity contribution in [3.05, 3.63) is 60.2 Å². The van der Waals surface area contributed by atoms with E-state index in [2.05, 4.69) is 6.07 Å². The predicted molar refractivity (Wildman–Crippen MR) is 79.8 cm³/mol. The molecule has 0 heterocycles. The Morgan fingerprint density at radius 3 is 2.24 bits per heavy atom. The van der Waals surface area contributed by atoms with E-state index in [1.54, 1.807) is 36.4 Å². The molecule has 0 N–H and O–H groups in total. The average molecular weight is 301 g/mol. The highest BCUT2D eigenvalue weighted by atomic mass is 32.2. The van der Waals surface area contributed by atoms with Gasteiger partial charge in [-0.2, -0.15) is 5.26 Å². The molecule has 0 spiro atoms. The summed E-state index contributed by atoms with van der Waals surface area (Å²) in [6.07, 6.45) is 0. The summed E-state index contributed by atoms with van der Waals surface area (Å²) in [6, 6.07) is 17.2. The molecule has 2 aromatic carbocycles. The van der Waals surface area contributed by atoms with Gasteiger partial charge in [0, 0.05) is 0 Å². The van der Waals surface area contributed by atoms with Crippen molar-refractivity contribution in [2.24, 2.45) is 0 Å². The monoisotopic (exact) mass is 301 g/mol. The molecule has 0 bridgehead atoms. The van der Waals surface area contributed by atoms with Gasteiger partial charge >= 0.3 is 0 Å². The topological polar surface area (TPSA) is 67.2 Å². The van der Waals surface area contributed by atoms with Gasteiger partial charge in [0.25, 0.3) is 0 Å². The number of sulfone groups is 1.